The predicted octanol–water partition coefficient (Wildman–Crippen LogP) is 2.22. The molecule has 0 bridgehead atoms. The minimum atomic E-state index is -1.04. The van der Waals surface area contributed by atoms with Crippen molar-refractivity contribution in [3.63, 3.8) is 0 Å². The molecule has 1 aromatic carbocycles. The zero-order chi connectivity index (χ0) is 18.6. The summed E-state index contributed by atoms with van der Waals surface area (Å²) in [5.41, 5.74) is 1.51. The third kappa shape index (κ3) is 4.25. The average Bonchev–Trinajstić information content (AvgIpc) is 3.00. The first-order valence-electron chi connectivity index (χ1n) is 8.39. The van der Waals surface area contributed by atoms with E-state index in [9.17, 15) is 19.5 Å². The van der Waals surface area contributed by atoms with Crippen LogP contribution in [0.25, 0.3) is 0 Å². The molecule has 136 valence electrons. The van der Waals surface area contributed by atoms with Crippen molar-refractivity contribution in [1.29, 1.82) is 0 Å². The highest BCUT2D eigenvalue weighted by Gasteiger charge is 2.46. The van der Waals surface area contributed by atoms with Crippen molar-refractivity contribution >= 4 is 17.7 Å². The van der Waals surface area contributed by atoms with E-state index in [0.29, 0.717) is 18.5 Å². The fourth-order valence-electron chi connectivity index (χ4n) is 3.27. The fraction of sp³-hybridized carbons (Fsp3) is 0.526. The molecule has 1 atom stereocenters. The summed E-state index contributed by atoms with van der Waals surface area (Å²) in [4.78, 5) is 37.8. The lowest BCUT2D eigenvalue weighted by Crippen LogP contribution is -2.40. The molecule has 2 rings (SSSR count). The van der Waals surface area contributed by atoms with Gasteiger partial charge in [0.1, 0.15) is 5.41 Å². The molecule has 1 saturated heterocycles. The smallest absolute Gasteiger partial charge is 0.313 e. The molecule has 1 aromatic rings. The van der Waals surface area contributed by atoms with Crippen molar-refractivity contribution in [2.24, 2.45) is 5.41 Å². The van der Waals surface area contributed by atoms with E-state index in [4.69, 9.17) is 4.74 Å². The van der Waals surface area contributed by atoms with Gasteiger partial charge in [-0.3, -0.25) is 14.4 Å². The quantitative estimate of drug-likeness (QED) is 0.765. The second-order valence-corrected chi connectivity index (χ2v) is 6.83. The number of carboxylic acid groups (broad SMARTS) is 1. The molecule has 1 amide bonds. The molecule has 25 heavy (non-hydrogen) atoms. The number of amides is 1. The Morgan fingerprint density at radius 2 is 1.96 bits per heavy atom. The number of hydrogen-bond acceptors (Lipinski definition) is 4. The van der Waals surface area contributed by atoms with Crippen molar-refractivity contribution in [2.45, 2.75) is 33.1 Å². The zero-order valence-corrected chi connectivity index (χ0v) is 15.0. The molecule has 1 fully saturated rings. The SMILES string of the molecule is COCC1(C(=O)O)CCN(C(=O)CCC(=O)c2cc(C)ccc2C)C1. The number of carbonyl (C=O) groups is 3. The molecular weight excluding hydrogens is 322 g/mol. The number of likely N-dealkylation sites (tertiary alicyclic amines) is 1. The lowest BCUT2D eigenvalue weighted by Gasteiger charge is -2.23. The summed E-state index contributed by atoms with van der Waals surface area (Å²) in [5.74, 6) is -1.19. The number of aliphatic carboxylic acids is 1. The predicted molar refractivity (Wildman–Crippen MR) is 92.6 cm³/mol. The van der Waals surface area contributed by atoms with Crippen LogP contribution in [0.4, 0.5) is 0 Å². The minimum Gasteiger partial charge on any atom is -0.481 e. The molecule has 1 unspecified atom stereocenters. The molecule has 1 heterocycles. The van der Waals surface area contributed by atoms with Crippen LogP contribution in [0.15, 0.2) is 18.2 Å². The van der Waals surface area contributed by atoms with Gasteiger partial charge in [0.2, 0.25) is 5.91 Å². The van der Waals surface area contributed by atoms with Gasteiger partial charge in [0.15, 0.2) is 5.78 Å². The summed E-state index contributed by atoms with van der Waals surface area (Å²) >= 11 is 0. The number of benzene rings is 1. The van der Waals surface area contributed by atoms with Gasteiger partial charge >= 0.3 is 5.97 Å². The minimum absolute atomic E-state index is 0.0601. The Bertz CT molecular complexity index is 684. The van der Waals surface area contributed by atoms with Gasteiger partial charge in [0.05, 0.1) is 6.61 Å². The largest absolute Gasteiger partial charge is 0.481 e. The van der Waals surface area contributed by atoms with Crippen molar-refractivity contribution in [3.05, 3.63) is 34.9 Å². The van der Waals surface area contributed by atoms with E-state index in [1.165, 1.54) is 12.0 Å². The summed E-state index contributed by atoms with van der Waals surface area (Å²) < 4.78 is 5.03. The van der Waals surface area contributed by atoms with Gasteiger partial charge in [-0.05, 0) is 31.9 Å². The first-order valence-corrected chi connectivity index (χ1v) is 8.39. The molecule has 6 heteroatoms. The highest BCUT2D eigenvalue weighted by molar-refractivity contribution is 5.99. The van der Waals surface area contributed by atoms with Crippen LogP contribution in [-0.4, -0.2) is 54.5 Å². The molecular formula is C19H25NO5. The number of rotatable bonds is 7. The lowest BCUT2D eigenvalue weighted by atomic mass is 9.88. The summed E-state index contributed by atoms with van der Waals surface area (Å²) in [6, 6.07) is 5.69. The Kier molecular flexibility index (Phi) is 5.95. The number of carboxylic acids is 1. The number of methoxy groups -OCH3 is 1. The Labute approximate surface area is 147 Å². The average molecular weight is 347 g/mol. The van der Waals surface area contributed by atoms with E-state index in [1.54, 1.807) is 0 Å². The van der Waals surface area contributed by atoms with Crippen LogP contribution >= 0.6 is 0 Å². The van der Waals surface area contributed by atoms with Crippen LogP contribution < -0.4 is 0 Å². The van der Waals surface area contributed by atoms with Gasteiger partial charge in [-0.2, -0.15) is 0 Å². The zero-order valence-electron chi connectivity index (χ0n) is 15.0. The lowest BCUT2D eigenvalue weighted by molar-refractivity contribution is -0.151. The maximum atomic E-state index is 12.4. The van der Waals surface area contributed by atoms with Crippen molar-refractivity contribution in [1.82, 2.24) is 4.90 Å². The van der Waals surface area contributed by atoms with Crippen LogP contribution in [-0.2, 0) is 14.3 Å². The Balaban J connectivity index is 1.96. The third-order valence-corrected chi connectivity index (χ3v) is 4.84. The maximum Gasteiger partial charge on any atom is 0.313 e. The summed E-state index contributed by atoms with van der Waals surface area (Å²) in [6.07, 6.45) is 0.589. The number of ether oxygens (including phenoxy) is 1. The van der Waals surface area contributed by atoms with Crippen LogP contribution in [0.3, 0.4) is 0 Å². The molecule has 1 aliphatic heterocycles. The Morgan fingerprint density at radius 3 is 2.60 bits per heavy atom. The van der Waals surface area contributed by atoms with E-state index in [1.807, 2.05) is 32.0 Å². The summed E-state index contributed by atoms with van der Waals surface area (Å²) in [5, 5.41) is 9.45. The van der Waals surface area contributed by atoms with Crippen LogP contribution in [0.1, 0.15) is 40.7 Å². The molecule has 0 saturated carbocycles. The molecule has 0 aromatic heterocycles. The number of Topliss-reactive ketones (excluding diaryl/α,β-unsaturated/α-hetero) is 1. The van der Waals surface area contributed by atoms with E-state index < -0.39 is 11.4 Å². The molecule has 1 N–H and O–H groups in total. The number of hydrogen-bond donors (Lipinski definition) is 1. The van der Waals surface area contributed by atoms with E-state index in [-0.39, 0.29) is 37.7 Å². The fourth-order valence-corrected chi connectivity index (χ4v) is 3.27. The monoisotopic (exact) mass is 347 g/mol. The van der Waals surface area contributed by atoms with Gasteiger partial charge in [0, 0.05) is 38.6 Å². The highest BCUT2D eigenvalue weighted by atomic mass is 16.5. The Hall–Kier alpha value is -2.21. The topological polar surface area (TPSA) is 83.9 Å². The van der Waals surface area contributed by atoms with Crippen LogP contribution in [0.2, 0.25) is 0 Å². The van der Waals surface area contributed by atoms with E-state index in [2.05, 4.69) is 0 Å². The molecule has 0 spiro atoms. The number of ketones is 1. The summed E-state index contributed by atoms with van der Waals surface area (Å²) in [6.45, 7) is 4.39. The normalized spacial score (nSPS) is 19.9. The third-order valence-electron chi connectivity index (χ3n) is 4.84. The maximum absolute atomic E-state index is 12.4. The van der Waals surface area contributed by atoms with Gasteiger partial charge in [-0.25, -0.2) is 0 Å². The molecule has 1 aliphatic rings. The van der Waals surface area contributed by atoms with Gasteiger partial charge in [-0.1, -0.05) is 17.7 Å². The highest BCUT2D eigenvalue weighted by Crippen LogP contribution is 2.31. The number of aryl methyl sites for hydroxylation is 2. The summed E-state index contributed by atoms with van der Waals surface area (Å²) in [7, 11) is 1.46. The van der Waals surface area contributed by atoms with Gasteiger partial charge < -0.3 is 14.7 Å². The standard InChI is InChI=1S/C19H25NO5/c1-13-4-5-14(2)15(10-13)16(21)6-7-17(22)20-9-8-19(11-20,12-25-3)18(23)24/h4-5,10H,6-9,11-12H2,1-3H3,(H,23,24). The molecule has 6 nitrogen and oxygen atoms in total. The Morgan fingerprint density at radius 1 is 1.24 bits per heavy atom. The van der Waals surface area contributed by atoms with E-state index in [0.717, 1.165) is 11.1 Å². The molecule has 0 radical (unpaired) electrons. The number of nitrogens with zero attached hydrogens (tertiary/aromatic N) is 1. The van der Waals surface area contributed by atoms with Crippen LogP contribution in [0.5, 0.6) is 0 Å². The first-order chi connectivity index (χ1) is 11.8. The second kappa shape index (κ2) is 7.78. The van der Waals surface area contributed by atoms with E-state index >= 15 is 0 Å². The van der Waals surface area contributed by atoms with Gasteiger partial charge in [-0.15, -0.1) is 0 Å². The molecule has 0 aliphatic carbocycles. The van der Waals surface area contributed by atoms with Crippen molar-refractivity contribution < 1.29 is 24.2 Å². The van der Waals surface area contributed by atoms with Crippen molar-refractivity contribution in [2.75, 3.05) is 26.8 Å². The van der Waals surface area contributed by atoms with Crippen molar-refractivity contribution in [3.8, 4) is 0 Å². The first kappa shape index (κ1) is 19.1. The van der Waals surface area contributed by atoms with Gasteiger partial charge in [0.25, 0.3) is 0 Å². The van der Waals surface area contributed by atoms with Crippen LogP contribution in [0, 0.1) is 19.3 Å². The number of carbonyl (C=O) groups excluding carboxylic acids is 2. The second-order valence-electron chi connectivity index (χ2n) is 6.83.